The molecule has 2 N–H and O–H groups in total. The van der Waals surface area contributed by atoms with Crippen LogP contribution in [0.2, 0.25) is 5.02 Å². The summed E-state index contributed by atoms with van der Waals surface area (Å²) in [5.41, 5.74) is 1.54. The number of ether oxygens (including phenoxy) is 2. The van der Waals surface area contributed by atoms with Crippen molar-refractivity contribution in [2.24, 2.45) is 4.99 Å². The number of methoxy groups -OCH3 is 1. The summed E-state index contributed by atoms with van der Waals surface area (Å²) < 4.78 is 34.6. The van der Waals surface area contributed by atoms with E-state index in [4.69, 9.17) is 16.3 Å². The molecule has 5 nitrogen and oxygen atoms in total. The maximum absolute atomic E-state index is 12.5. The van der Waals surface area contributed by atoms with E-state index < -0.39 is 6.61 Å². The number of hydrogen-bond acceptors (Lipinski definition) is 3. The number of guanidine groups is 1. The molecule has 2 aromatic rings. The summed E-state index contributed by atoms with van der Waals surface area (Å²) in [7, 11) is 3.23. The second-order valence-electron chi connectivity index (χ2n) is 5.26. The van der Waals surface area contributed by atoms with Gasteiger partial charge in [0.1, 0.15) is 11.5 Å². The van der Waals surface area contributed by atoms with Gasteiger partial charge in [0.15, 0.2) is 5.96 Å². The standard InChI is InChI=1S/C18H20ClF2N3O2.HI/c1-22-18(23-10-12-3-6-15(25-2)7-4-12)24-11-13-9-14(19)5-8-16(13)26-17(20)21;/h3-9,17H,10-11H2,1-2H3,(H2,22,23,24);1H. The first-order valence-corrected chi connectivity index (χ1v) is 8.20. The smallest absolute Gasteiger partial charge is 0.387 e. The van der Waals surface area contributed by atoms with Crippen molar-refractivity contribution in [2.45, 2.75) is 19.7 Å². The van der Waals surface area contributed by atoms with Gasteiger partial charge in [0, 0.05) is 30.7 Å². The molecule has 9 heteroatoms. The van der Waals surface area contributed by atoms with Crippen molar-refractivity contribution in [1.29, 1.82) is 0 Å². The average Bonchev–Trinajstić information content (AvgIpc) is 2.64. The van der Waals surface area contributed by atoms with E-state index in [9.17, 15) is 8.78 Å². The summed E-state index contributed by atoms with van der Waals surface area (Å²) >= 11 is 5.94. The Morgan fingerprint density at radius 1 is 1.11 bits per heavy atom. The highest BCUT2D eigenvalue weighted by Crippen LogP contribution is 2.24. The molecule has 0 amide bonds. The molecule has 2 aromatic carbocycles. The lowest BCUT2D eigenvalue weighted by Crippen LogP contribution is -2.36. The monoisotopic (exact) mass is 511 g/mol. The van der Waals surface area contributed by atoms with Crippen LogP contribution in [0, 0.1) is 0 Å². The summed E-state index contributed by atoms with van der Waals surface area (Å²) in [6.45, 7) is -2.13. The Balaban J connectivity index is 0.00000364. The summed E-state index contributed by atoms with van der Waals surface area (Å²) in [5, 5.41) is 6.63. The number of halogens is 4. The van der Waals surface area contributed by atoms with E-state index in [-0.39, 0.29) is 36.3 Å². The highest BCUT2D eigenvalue weighted by Gasteiger charge is 2.11. The molecule has 0 saturated heterocycles. The van der Waals surface area contributed by atoms with Crippen molar-refractivity contribution < 1.29 is 18.3 Å². The van der Waals surface area contributed by atoms with Crippen molar-refractivity contribution in [3.05, 3.63) is 58.6 Å². The minimum atomic E-state index is -2.90. The zero-order valence-corrected chi connectivity index (χ0v) is 17.9. The van der Waals surface area contributed by atoms with Crippen LogP contribution in [-0.2, 0) is 13.1 Å². The lowest BCUT2D eigenvalue weighted by molar-refractivity contribution is -0.0504. The third-order valence-corrected chi connectivity index (χ3v) is 3.76. The van der Waals surface area contributed by atoms with E-state index in [1.54, 1.807) is 20.2 Å². The quantitative estimate of drug-likeness (QED) is 0.328. The van der Waals surface area contributed by atoms with Gasteiger partial charge in [0.2, 0.25) is 0 Å². The van der Waals surface area contributed by atoms with Crippen molar-refractivity contribution >= 4 is 41.5 Å². The fourth-order valence-electron chi connectivity index (χ4n) is 2.23. The molecule has 0 bridgehead atoms. The normalized spacial score (nSPS) is 11.0. The van der Waals surface area contributed by atoms with Gasteiger partial charge >= 0.3 is 6.61 Å². The molecule has 0 aliphatic rings. The summed E-state index contributed by atoms with van der Waals surface area (Å²) in [4.78, 5) is 4.11. The van der Waals surface area contributed by atoms with Crippen LogP contribution in [-0.4, -0.2) is 26.7 Å². The fraction of sp³-hybridized carbons (Fsp3) is 0.278. The van der Waals surface area contributed by atoms with Gasteiger partial charge < -0.3 is 20.1 Å². The topological polar surface area (TPSA) is 54.9 Å². The minimum absolute atomic E-state index is 0. The van der Waals surface area contributed by atoms with Gasteiger partial charge in [-0.2, -0.15) is 8.78 Å². The van der Waals surface area contributed by atoms with Crippen LogP contribution in [0.1, 0.15) is 11.1 Å². The number of nitrogens with zero attached hydrogens (tertiary/aromatic N) is 1. The summed E-state index contributed by atoms with van der Waals surface area (Å²) in [5.74, 6) is 1.37. The van der Waals surface area contributed by atoms with Crippen LogP contribution in [0.15, 0.2) is 47.5 Å². The largest absolute Gasteiger partial charge is 0.497 e. The Bertz CT molecular complexity index is 746. The molecular formula is C18H21ClF2IN3O2. The fourth-order valence-corrected chi connectivity index (χ4v) is 2.42. The van der Waals surface area contributed by atoms with Crippen LogP contribution < -0.4 is 20.1 Å². The van der Waals surface area contributed by atoms with Gasteiger partial charge in [-0.3, -0.25) is 4.99 Å². The van der Waals surface area contributed by atoms with Crippen LogP contribution >= 0.6 is 35.6 Å². The maximum Gasteiger partial charge on any atom is 0.387 e. The molecule has 0 atom stereocenters. The second-order valence-corrected chi connectivity index (χ2v) is 5.69. The summed E-state index contributed by atoms with van der Waals surface area (Å²) in [6.07, 6.45) is 0. The van der Waals surface area contributed by atoms with E-state index >= 15 is 0 Å². The first-order chi connectivity index (χ1) is 12.5. The van der Waals surface area contributed by atoms with E-state index in [1.165, 1.54) is 12.1 Å². The molecule has 0 heterocycles. The number of aliphatic imine (C=N–C) groups is 1. The predicted octanol–water partition coefficient (Wildman–Crippen LogP) is 4.43. The third kappa shape index (κ3) is 7.76. The van der Waals surface area contributed by atoms with Gasteiger partial charge in [0.05, 0.1) is 7.11 Å². The van der Waals surface area contributed by atoms with Gasteiger partial charge in [-0.05, 0) is 35.9 Å². The van der Waals surface area contributed by atoms with Crippen molar-refractivity contribution in [3.8, 4) is 11.5 Å². The van der Waals surface area contributed by atoms with Gasteiger partial charge in [-0.1, -0.05) is 23.7 Å². The number of rotatable bonds is 7. The number of benzene rings is 2. The van der Waals surface area contributed by atoms with E-state index in [0.29, 0.717) is 23.1 Å². The van der Waals surface area contributed by atoms with Gasteiger partial charge in [-0.15, -0.1) is 24.0 Å². The first kappa shape index (κ1) is 23.2. The number of nitrogens with one attached hydrogen (secondary N) is 2. The molecule has 0 spiro atoms. The first-order valence-electron chi connectivity index (χ1n) is 7.82. The molecule has 2 rings (SSSR count). The predicted molar refractivity (Wildman–Crippen MR) is 114 cm³/mol. The molecule has 0 aromatic heterocycles. The van der Waals surface area contributed by atoms with Crippen LogP contribution in [0.25, 0.3) is 0 Å². The number of hydrogen-bond donors (Lipinski definition) is 2. The Morgan fingerprint density at radius 2 is 1.78 bits per heavy atom. The highest BCUT2D eigenvalue weighted by molar-refractivity contribution is 14.0. The molecule has 0 aliphatic heterocycles. The van der Waals surface area contributed by atoms with Crippen molar-refractivity contribution in [2.75, 3.05) is 14.2 Å². The third-order valence-electron chi connectivity index (χ3n) is 3.53. The van der Waals surface area contributed by atoms with Crippen LogP contribution in [0.5, 0.6) is 11.5 Å². The molecule has 0 radical (unpaired) electrons. The zero-order valence-electron chi connectivity index (χ0n) is 14.8. The van der Waals surface area contributed by atoms with E-state index in [0.717, 1.165) is 11.3 Å². The van der Waals surface area contributed by atoms with Crippen LogP contribution in [0.3, 0.4) is 0 Å². The molecule has 0 saturated carbocycles. The number of alkyl halides is 2. The Hall–Kier alpha value is -1.81. The zero-order chi connectivity index (χ0) is 18.9. The van der Waals surface area contributed by atoms with Gasteiger partial charge in [-0.25, -0.2) is 0 Å². The molecule has 0 aliphatic carbocycles. The molecule has 0 unspecified atom stereocenters. The maximum atomic E-state index is 12.5. The lowest BCUT2D eigenvalue weighted by Gasteiger charge is -2.15. The lowest BCUT2D eigenvalue weighted by atomic mass is 10.2. The Labute approximate surface area is 179 Å². The molecule has 27 heavy (non-hydrogen) atoms. The van der Waals surface area contributed by atoms with E-state index in [1.807, 2.05) is 24.3 Å². The Morgan fingerprint density at radius 3 is 2.37 bits per heavy atom. The molecular weight excluding hydrogens is 491 g/mol. The minimum Gasteiger partial charge on any atom is -0.497 e. The molecule has 0 fully saturated rings. The average molecular weight is 512 g/mol. The van der Waals surface area contributed by atoms with Crippen LogP contribution in [0.4, 0.5) is 8.78 Å². The van der Waals surface area contributed by atoms with Crippen molar-refractivity contribution in [1.82, 2.24) is 10.6 Å². The second kappa shape index (κ2) is 11.8. The van der Waals surface area contributed by atoms with Gasteiger partial charge in [0.25, 0.3) is 0 Å². The Kier molecular flexibility index (Phi) is 10.2. The van der Waals surface area contributed by atoms with E-state index in [2.05, 4.69) is 20.4 Å². The SMILES string of the molecule is CN=C(NCc1ccc(OC)cc1)NCc1cc(Cl)ccc1OC(F)F.I. The highest BCUT2D eigenvalue weighted by atomic mass is 127. The van der Waals surface area contributed by atoms with Crippen molar-refractivity contribution in [3.63, 3.8) is 0 Å². The summed E-state index contributed by atoms with van der Waals surface area (Å²) in [6, 6.07) is 12.1. The molecule has 148 valence electrons.